The highest BCUT2D eigenvalue weighted by molar-refractivity contribution is 5.98. The monoisotopic (exact) mass is 359 g/mol. The summed E-state index contributed by atoms with van der Waals surface area (Å²) in [5.41, 5.74) is 1.68. The molecule has 6 heteroatoms. The van der Waals surface area contributed by atoms with Crippen LogP contribution in [0.25, 0.3) is 0 Å². The standard InChI is InChI=1S/C20H29N3O3/c1-15(2)14-22-7-8-23(16(3)19(22)24)20(25)17-5-4-6-18(13-17)21-9-11-26-12-10-21/h4-6,13,15-16H,7-12,14H2,1-3H3/t16-/m0/s1. The zero-order valence-electron chi connectivity index (χ0n) is 16.0. The van der Waals surface area contributed by atoms with Crippen molar-refractivity contribution in [2.75, 3.05) is 50.8 Å². The van der Waals surface area contributed by atoms with Crippen molar-refractivity contribution in [1.82, 2.24) is 9.80 Å². The summed E-state index contributed by atoms with van der Waals surface area (Å²) in [7, 11) is 0. The first kappa shape index (κ1) is 18.7. The summed E-state index contributed by atoms with van der Waals surface area (Å²) < 4.78 is 5.40. The molecule has 0 N–H and O–H groups in total. The lowest BCUT2D eigenvalue weighted by Gasteiger charge is -2.40. The van der Waals surface area contributed by atoms with Gasteiger partial charge in [-0.3, -0.25) is 9.59 Å². The van der Waals surface area contributed by atoms with Gasteiger partial charge in [-0.15, -0.1) is 0 Å². The average molecular weight is 359 g/mol. The van der Waals surface area contributed by atoms with Crippen molar-refractivity contribution in [3.63, 3.8) is 0 Å². The third-order valence-electron chi connectivity index (χ3n) is 5.06. The van der Waals surface area contributed by atoms with E-state index in [0.29, 0.717) is 37.8 Å². The second-order valence-electron chi connectivity index (χ2n) is 7.50. The predicted molar refractivity (Wildman–Crippen MR) is 101 cm³/mol. The van der Waals surface area contributed by atoms with Gasteiger partial charge in [0.25, 0.3) is 5.91 Å². The normalized spacial score (nSPS) is 21.5. The maximum Gasteiger partial charge on any atom is 0.254 e. The van der Waals surface area contributed by atoms with Gasteiger partial charge in [0.2, 0.25) is 5.91 Å². The first-order valence-electron chi connectivity index (χ1n) is 9.50. The molecular formula is C20H29N3O3. The fraction of sp³-hybridized carbons (Fsp3) is 0.600. The summed E-state index contributed by atoms with van der Waals surface area (Å²) in [5, 5.41) is 0. The number of carbonyl (C=O) groups excluding carboxylic acids is 2. The van der Waals surface area contributed by atoms with Crippen molar-refractivity contribution in [3.05, 3.63) is 29.8 Å². The lowest BCUT2D eigenvalue weighted by atomic mass is 10.1. The van der Waals surface area contributed by atoms with Gasteiger partial charge in [0.15, 0.2) is 0 Å². The van der Waals surface area contributed by atoms with Crippen LogP contribution in [0, 0.1) is 5.92 Å². The number of rotatable bonds is 4. The van der Waals surface area contributed by atoms with Gasteiger partial charge in [-0.1, -0.05) is 19.9 Å². The molecule has 2 amide bonds. The molecule has 1 aromatic rings. The van der Waals surface area contributed by atoms with Gasteiger partial charge >= 0.3 is 0 Å². The van der Waals surface area contributed by atoms with Gasteiger partial charge in [0, 0.05) is 44.0 Å². The Bertz CT molecular complexity index is 655. The van der Waals surface area contributed by atoms with Crippen LogP contribution in [-0.2, 0) is 9.53 Å². The topological polar surface area (TPSA) is 53.1 Å². The third-order valence-corrected chi connectivity index (χ3v) is 5.06. The Balaban J connectivity index is 1.72. The number of morpholine rings is 1. The number of hydrogen-bond donors (Lipinski definition) is 0. The van der Waals surface area contributed by atoms with Crippen molar-refractivity contribution >= 4 is 17.5 Å². The first-order chi connectivity index (χ1) is 12.5. The minimum atomic E-state index is -0.415. The largest absolute Gasteiger partial charge is 0.378 e. The highest BCUT2D eigenvalue weighted by Gasteiger charge is 2.34. The van der Waals surface area contributed by atoms with Crippen LogP contribution in [0.3, 0.4) is 0 Å². The molecule has 3 rings (SSSR count). The van der Waals surface area contributed by atoms with Crippen molar-refractivity contribution < 1.29 is 14.3 Å². The molecule has 1 aromatic carbocycles. The number of benzene rings is 1. The summed E-state index contributed by atoms with van der Waals surface area (Å²) in [4.78, 5) is 31.5. The number of amides is 2. The minimum Gasteiger partial charge on any atom is -0.378 e. The molecule has 0 aromatic heterocycles. The molecule has 26 heavy (non-hydrogen) atoms. The maximum absolute atomic E-state index is 13.0. The number of anilines is 1. The third kappa shape index (κ3) is 4.01. The van der Waals surface area contributed by atoms with Crippen LogP contribution in [-0.4, -0.2) is 73.6 Å². The van der Waals surface area contributed by atoms with Crippen molar-refractivity contribution in [1.29, 1.82) is 0 Å². The summed E-state index contributed by atoms with van der Waals surface area (Å²) in [6, 6.07) is 7.30. The lowest BCUT2D eigenvalue weighted by Crippen LogP contribution is -2.58. The number of ether oxygens (including phenoxy) is 1. The van der Waals surface area contributed by atoms with E-state index in [0.717, 1.165) is 25.3 Å². The molecule has 0 spiro atoms. The van der Waals surface area contributed by atoms with E-state index in [2.05, 4.69) is 18.7 Å². The fourth-order valence-corrected chi connectivity index (χ4v) is 3.65. The molecule has 0 radical (unpaired) electrons. The second-order valence-corrected chi connectivity index (χ2v) is 7.50. The Hall–Kier alpha value is -2.08. The van der Waals surface area contributed by atoms with Crippen LogP contribution in [0.2, 0.25) is 0 Å². The molecule has 142 valence electrons. The zero-order chi connectivity index (χ0) is 18.7. The molecule has 0 unspecified atom stereocenters. The minimum absolute atomic E-state index is 0.0441. The van der Waals surface area contributed by atoms with Gasteiger partial charge in [-0.2, -0.15) is 0 Å². The molecule has 0 bridgehead atoms. The van der Waals surface area contributed by atoms with Gasteiger partial charge in [-0.05, 0) is 31.0 Å². The van der Waals surface area contributed by atoms with Gasteiger partial charge in [0.1, 0.15) is 6.04 Å². The molecule has 2 fully saturated rings. The Morgan fingerprint density at radius 2 is 1.92 bits per heavy atom. The Morgan fingerprint density at radius 3 is 2.62 bits per heavy atom. The number of piperazine rings is 1. The number of hydrogen-bond acceptors (Lipinski definition) is 4. The molecule has 0 aliphatic carbocycles. The van der Waals surface area contributed by atoms with E-state index in [9.17, 15) is 9.59 Å². The van der Waals surface area contributed by atoms with Crippen molar-refractivity contribution in [2.45, 2.75) is 26.8 Å². The Morgan fingerprint density at radius 1 is 1.19 bits per heavy atom. The van der Waals surface area contributed by atoms with E-state index in [1.165, 1.54) is 0 Å². The van der Waals surface area contributed by atoms with E-state index in [4.69, 9.17) is 4.74 Å². The van der Waals surface area contributed by atoms with Gasteiger partial charge < -0.3 is 19.4 Å². The van der Waals surface area contributed by atoms with E-state index < -0.39 is 6.04 Å². The zero-order valence-corrected chi connectivity index (χ0v) is 16.0. The van der Waals surface area contributed by atoms with E-state index in [-0.39, 0.29) is 11.8 Å². The molecule has 2 aliphatic rings. The second kappa shape index (κ2) is 8.08. The fourth-order valence-electron chi connectivity index (χ4n) is 3.65. The SMILES string of the molecule is CC(C)CN1CCN(C(=O)c2cccc(N3CCOCC3)c2)[C@@H](C)C1=O. The first-order valence-corrected chi connectivity index (χ1v) is 9.50. The smallest absolute Gasteiger partial charge is 0.254 e. The Kier molecular flexibility index (Phi) is 5.81. The highest BCUT2D eigenvalue weighted by atomic mass is 16.5. The van der Waals surface area contributed by atoms with Crippen LogP contribution in [0.1, 0.15) is 31.1 Å². The Labute approximate surface area is 155 Å². The van der Waals surface area contributed by atoms with Crippen LogP contribution in [0.4, 0.5) is 5.69 Å². The lowest BCUT2D eigenvalue weighted by molar-refractivity contribution is -0.140. The van der Waals surface area contributed by atoms with Crippen LogP contribution < -0.4 is 4.90 Å². The van der Waals surface area contributed by atoms with Crippen LogP contribution in [0.5, 0.6) is 0 Å². The highest BCUT2D eigenvalue weighted by Crippen LogP contribution is 2.21. The van der Waals surface area contributed by atoms with E-state index in [1.807, 2.05) is 36.1 Å². The molecule has 1 atom stereocenters. The van der Waals surface area contributed by atoms with Crippen molar-refractivity contribution in [2.24, 2.45) is 5.92 Å². The summed E-state index contributed by atoms with van der Waals surface area (Å²) in [5.74, 6) is 0.409. The maximum atomic E-state index is 13.0. The summed E-state index contributed by atoms with van der Waals surface area (Å²) in [6.07, 6.45) is 0. The molecule has 6 nitrogen and oxygen atoms in total. The predicted octanol–water partition coefficient (Wildman–Crippen LogP) is 1.85. The van der Waals surface area contributed by atoms with Gasteiger partial charge in [0.05, 0.1) is 13.2 Å². The van der Waals surface area contributed by atoms with Crippen LogP contribution >= 0.6 is 0 Å². The van der Waals surface area contributed by atoms with E-state index in [1.54, 1.807) is 4.90 Å². The quantitative estimate of drug-likeness (QED) is 0.823. The number of carbonyl (C=O) groups is 2. The molecule has 2 saturated heterocycles. The number of nitrogens with zero attached hydrogens (tertiary/aromatic N) is 3. The average Bonchev–Trinajstić information content (AvgIpc) is 2.66. The van der Waals surface area contributed by atoms with Crippen molar-refractivity contribution in [3.8, 4) is 0 Å². The molecule has 0 saturated carbocycles. The summed E-state index contributed by atoms with van der Waals surface area (Å²) >= 11 is 0. The summed E-state index contributed by atoms with van der Waals surface area (Å²) in [6.45, 7) is 11.1. The molecular weight excluding hydrogens is 330 g/mol. The van der Waals surface area contributed by atoms with E-state index >= 15 is 0 Å². The molecule has 2 heterocycles. The van der Waals surface area contributed by atoms with Crippen LogP contribution in [0.15, 0.2) is 24.3 Å². The van der Waals surface area contributed by atoms with Gasteiger partial charge in [-0.25, -0.2) is 0 Å². The molecule has 2 aliphatic heterocycles.